The van der Waals surface area contributed by atoms with Crippen molar-refractivity contribution in [2.45, 2.75) is 59.3 Å². The third kappa shape index (κ3) is 3.21. The van der Waals surface area contributed by atoms with Gasteiger partial charge in [-0.15, -0.1) is 0 Å². The highest BCUT2D eigenvalue weighted by molar-refractivity contribution is 5.86. The first-order valence-electron chi connectivity index (χ1n) is 8.87. The molecule has 0 saturated heterocycles. The summed E-state index contributed by atoms with van der Waals surface area (Å²) >= 11 is 0. The first-order valence-corrected chi connectivity index (χ1v) is 8.87. The van der Waals surface area contributed by atoms with Crippen molar-refractivity contribution in [1.82, 2.24) is 0 Å². The molecule has 2 fully saturated rings. The maximum absolute atomic E-state index is 12.5. The first-order chi connectivity index (χ1) is 11.1. The lowest BCUT2D eigenvalue weighted by atomic mass is 9.46. The van der Waals surface area contributed by atoms with Crippen LogP contribution in [-0.4, -0.2) is 28.6 Å². The van der Waals surface area contributed by atoms with Crippen LogP contribution in [0.5, 0.6) is 0 Å². The van der Waals surface area contributed by atoms with Gasteiger partial charge >= 0.3 is 5.97 Å². The summed E-state index contributed by atoms with van der Waals surface area (Å²) in [6.45, 7) is 10.2. The Morgan fingerprint density at radius 3 is 2.62 bits per heavy atom. The van der Waals surface area contributed by atoms with E-state index < -0.39 is 11.4 Å². The van der Waals surface area contributed by atoms with Gasteiger partial charge in [0.1, 0.15) is 5.78 Å². The summed E-state index contributed by atoms with van der Waals surface area (Å²) in [6, 6.07) is 0. The minimum Gasteiger partial charge on any atom is -0.478 e. The number of rotatable bonds is 5. The molecule has 4 atom stereocenters. The van der Waals surface area contributed by atoms with E-state index in [0.717, 1.165) is 37.7 Å². The fourth-order valence-electron chi connectivity index (χ4n) is 5.19. The zero-order chi connectivity index (χ0) is 18.1. The Morgan fingerprint density at radius 2 is 2.04 bits per heavy atom. The SMILES string of the molecule is C=C1CC[C@H]2[C@](C)(CCC(=O)[C@@]2(C)CO)[C@H]1CC/C(C)=C\C(=O)O. The van der Waals surface area contributed by atoms with Crippen LogP contribution in [0.4, 0.5) is 0 Å². The van der Waals surface area contributed by atoms with Gasteiger partial charge in [0.15, 0.2) is 0 Å². The number of carboxylic acids is 1. The van der Waals surface area contributed by atoms with Crippen LogP contribution in [0.15, 0.2) is 23.8 Å². The number of ketones is 1. The summed E-state index contributed by atoms with van der Waals surface area (Å²) < 4.78 is 0. The molecule has 0 heterocycles. The highest BCUT2D eigenvalue weighted by atomic mass is 16.4. The fourth-order valence-corrected chi connectivity index (χ4v) is 5.19. The number of aliphatic hydroxyl groups excluding tert-OH is 1. The second-order valence-electron chi connectivity index (χ2n) is 8.17. The lowest BCUT2D eigenvalue weighted by Crippen LogP contribution is -2.55. The third-order valence-electron chi connectivity index (χ3n) is 6.66. The second-order valence-corrected chi connectivity index (χ2v) is 8.17. The minimum absolute atomic E-state index is 0.0514. The Balaban J connectivity index is 2.26. The Morgan fingerprint density at radius 1 is 1.38 bits per heavy atom. The molecule has 0 radical (unpaired) electrons. The van der Waals surface area contributed by atoms with Crippen LogP contribution >= 0.6 is 0 Å². The Hall–Kier alpha value is -1.42. The smallest absolute Gasteiger partial charge is 0.328 e. The van der Waals surface area contributed by atoms with Gasteiger partial charge in [-0.1, -0.05) is 31.6 Å². The van der Waals surface area contributed by atoms with Gasteiger partial charge < -0.3 is 10.2 Å². The number of Topliss-reactive ketones (excluding diaryl/α,β-unsaturated/α-hetero) is 1. The van der Waals surface area contributed by atoms with E-state index in [0.29, 0.717) is 6.42 Å². The Bertz CT molecular complexity index is 576. The van der Waals surface area contributed by atoms with Crippen LogP contribution in [0.1, 0.15) is 59.3 Å². The predicted molar refractivity (Wildman–Crippen MR) is 93.5 cm³/mol. The van der Waals surface area contributed by atoms with Crippen molar-refractivity contribution in [3.8, 4) is 0 Å². The monoisotopic (exact) mass is 334 g/mol. The molecule has 4 nitrogen and oxygen atoms in total. The number of hydrogen-bond donors (Lipinski definition) is 2. The van der Waals surface area contributed by atoms with E-state index in [1.807, 2.05) is 13.8 Å². The van der Waals surface area contributed by atoms with Crippen LogP contribution in [0.2, 0.25) is 0 Å². The summed E-state index contributed by atoms with van der Waals surface area (Å²) in [6.07, 6.45) is 5.98. The van der Waals surface area contributed by atoms with Crippen molar-refractivity contribution in [1.29, 1.82) is 0 Å². The number of carboxylic acid groups (broad SMARTS) is 1. The van der Waals surface area contributed by atoms with E-state index in [9.17, 15) is 14.7 Å². The van der Waals surface area contributed by atoms with Crippen molar-refractivity contribution >= 4 is 11.8 Å². The van der Waals surface area contributed by atoms with Gasteiger partial charge in [-0.3, -0.25) is 4.79 Å². The molecule has 0 aromatic carbocycles. The van der Waals surface area contributed by atoms with Gasteiger partial charge in [0.2, 0.25) is 0 Å². The molecule has 2 aliphatic rings. The van der Waals surface area contributed by atoms with Crippen LogP contribution < -0.4 is 0 Å². The quantitative estimate of drug-likeness (QED) is 0.593. The van der Waals surface area contributed by atoms with Gasteiger partial charge in [-0.25, -0.2) is 4.79 Å². The van der Waals surface area contributed by atoms with Crippen molar-refractivity contribution in [2.75, 3.05) is 6.61 Å². The van der Waals surface area contributed by atoms with Crippen molar-refractivity contribution in [3.05, 3.63) is 23.8 Å². The zero-order valence-electron chi connectivity index (χ0n) is 15.1. The van der Waals surface area contributed by atoms with Gasteiger partial charge in [-0.05, 0) is 56.3 Å². The highest BCUT2D eigenvalue weighted by Gasteiger charge is 2.57. The third-order valence-corrected chi connectivity index (χ3v) is 6.66. The second kappa shape index (κ2) is 6.83. The summed E-state index contributed by atoms with van der Waals surface area (Å²) in [5.74, 6) is -0.293. The number of allylic oxidation sites excluding steroid dienone is 2. The predicted octanol–water partition coefficient (Wildman–Crippen LogP) is 3.75. The molecule has 0 aliphatic heterocycles. The summed E-state index contributed by atoms with van der Waals surface area (Å²) in [7, 11) is 0. The van der Waals surface area contributed by atoms with Crippen LogP contribution in [0, 0.1) is 22.7 Å². The molecule has 0 spiro atoms. The van der Waals surface area contributed by atoms with E-state index in [1.165, 1.54) is 11.6 Å². The molecule has 2 rings (SSSR count). The minimum atomic E-state index is -0.907. The zero-order valence-corrected chi connectivity index (χ0v) is 15.1. The Kier molecular flexibility index (Phi) is 5.38. The average molecular weight is 334 g/mol. The van der Waals surface area contributed by atoms with E-state index in [-0.39, 0.29) is 29.6 Å². The number of carbonyl (C=O) groups is 2. The maximum Gasteiger partial charge on any atom is 0.328 e. The molecule has 2 N–H and O–H groups in total. The lowest BCUT2D eigenvalue weighted by molar-refractivity contribution is -0.152. The van der Waals surface area contributed by atoms with E-state index >= 15 is 0 Å². The van der Waals surface area contributed by atoms with Crippen molar-refractivity contribution in [2.24, 2.45) is 22.7 Å². The standard InChI is InChI=1S/C20H30O4/c1-13(11-18(23)24)5-7-15-14(2)6-8-16-19(15,3)10-9-17(22)20(16,4)12-21/h11,15-16,21H,2,5-10,12H2,1,3-4H3,(H,23,24)/b13-11-/t15-,16-,19+,20-/m0/s1. The topological polar surface area (TPSA) is 74.6 Å². The van der Waals surface area contributed by atoms with Gasteiger partial charge in [-0.2, -0.15) is 0 Å². The first kappa shape index (κ1) is 18.9. The molecule has 24 heavy (non-hydrogen) atoms. The average Bonchev–Trinajstić information content (AvgIpc) is 2.50. The largest absolute Gasteiger partial charge is 0.478 e. The molecular formula is C20H30O4. The number of carbonyl (C=O) groups excluding carboxylic acids is 1. The molecule has 2 saturated carbocycles. The Labute approximate surface area is 144 Å². The van der Waals surface area contributed by atoms with E-state index in [1.54, 1.807) is 0 Å². The molecule has 2 aliphatic carbocycles. The van der Waals surface area contributed by atoms with Crippen LogP contribution in [-0.2, 0) is 9.59 Å². The van der Waals surface area contributed by atoms with Crippen LogP contribution in [0.3, 0.4) is 0 Å². The fraction of sp³-hybridized carbons (Fsp3) is 0.700. The molecule has 134 valence electrons. The molecule has 0 bridgehead atoms. The molecule has 4 heteroatoms. The molecule has 0 amide bonds. The van der Waals surface area contributed by atoms with Crippen LogP contribution in [0.25, 0.3) is 0 Å². The molecular weight excluding hydrogens is 304 g/mol. The number of aliphatic hydroxyl groups is 1. The normalized spacial score (nSPS) is 37.2. The van der Waals surface area contributed by atoms with E-state index in [4.69, 9.17) is 5.11 Å². The number of fused-ring (bicyclic) bond motifs is 1. The summed E-state index contributed by atoms with van der Waals surface area (Å²) in [5.41, 5.74) is 1.37. The summed E-state index contributed by atoms with van der Waals surface area (Å²) in [5, 5.41) is 18.8. The number of aliphatic carboxylic acids is 1. The summed E-state index contributed by atoms with van der Waals surface area (Å²) in [4.78, 5) is 23.3. The molecule has 0 aromatic heterocycles. The van der Waals surface area contributed by atoms with Gasteiger partial charge in [0, 0.05) is 12.5 Å². The van der Waals surface area contributed by atoms with Gasteiger partial charge in [0.05, 0.1) is 12.0 Å². The molecule has 0 unspecified atom stereocenters. The van der Waals surface area contributed by atoms with Crippen molar-refractivity contribution in [3.63, 3.8) is 0 Å². The highest BCUT2D eigenvalue weighted by Crippen LogP contribution is 2.60. The maximum atomic E-state index is 12.5. The number of hydrogen-bond acceptors (Lipinski definition) is 3. The lowest BCUT2D eigenvalue weighted by Gasteiger charge is -2.57. The molecule has 0 aromatic rings. The van der Waals surface area contributed by atoms with Gasteiger partial charge in [0.25, 0.3) is 0 Å². The van der Waals surface area contributed by atoms with Crippen molar-refractivity contribution < 1.29 is 19.8 Å². The van der Waals surface area contributed by atoms with E-state index in [2.05, 4.69) is 13.5 Å².